The van der Waals surface area contributed by atoms with Gasteiger partial charge < -0.3 is 14.9 Å². The molecule has 0 radical (unpaired) electrons. The number of rotatable bonds is 3. The van der Waals surface area contributed by atoms with Crippen molar-refractivity contribution in [2.24, 2.45) is 5.41 Å². The molecule has 0 fully saturated rings. The van der Waals surface area contributed by atoms with E-state index in [1.165, 1.54) is 13.2 Å². The quantitative estimate of drug-likeness (QED) is 0.363. The molecule has 0 aromatic carbocycles. The van der Waals surface area contributed by atoms with Gasteiger partial charge in [-0.3, -0.25) is 0 Å². The maximum absolute atomic E-state index is 11.2. The van der Waals surface area contributed by atoms with E-state index < -0.39 is 23.1 Å². The van der Waals surface area contributed by atoms with Crippen LogP contribution >= 0.6 is 0 Å². The third-order valence-electron chi connectivity index (χ3n) is 4.53. The molecular formula is C17H26O4. The highest BCUT2D eigenvalue weighted by atomic mass is 16.5. The minimum Gasteiger partial charge on any atom is -0.466 e. The molecule has 118 valence electrons. The summed E-state index contributed by atoms with van der Waals surface area (Å²) in [6.07, 6.45) is 4.74. The summed E-state index contributed by atoms with van der Waals surface area (Å²) in [7, 11) is 1.32. The van der Waals surface area contributed by atoms with E-state index in [0.717, 1.165) is 11.1 Å². The number of carbonyl (C=O) groups excluding carboxylic acids is 1. The molecule has 0 heterocycles. The molecule has 2 unspecified atom stereocenters. The Labute approximate surface area is 126 Å². The van der Waals surface area contributed by atoms with Gasteiger partial charge in [-0.25, -0.2) is 4.79 Å². The van der Waals surface area contributed by atoms with Crippen LogP contribution in [0.5, 0.6) is 0 Å². The Morgan fingerprint density at radius 2 is 1.95 bits per heavy atom. The zero-order valence-corrected chi connectivity index (χ0v) is 13.7. The highest BCUT2D eigenvalue weighted by Gasteiger charge is 2.48. The third-order valence-corrected chi connectivity index (χ3v) is 4.53. The van der Waals surface area contributed by atoms with E-state index in [0.29, 0.717) is 12.0 Å². The smallest absolute Gasteiger partial charge is 0.330 e. The van der Waals surface area contributed by atoms with Crippen molar-refractivity contribution in [2.45, 2.75) is 52.7 Å². The fourth-order valence-electron chi connectivity index (χ4n) is 2.75. The van der Waals surface area contributed by atoms with Gasteiger partial charge in [0.2, 0.25) is 0 Å². The highest BCUT2D eigenvalue weighted by Crippen LogP contribution is 2.47. The SMILES string of the molecule is COC(=O)C=C(C)C=CC1(O)C(C)=C(C)C(O)CC1(C)C. The third kappa shape index (κ3) is 3.44. The van der Waals surface area contributed by atoms with Crippen molar-refractivity contribution < 1.29 is 19.7 Å². The number of allylic oxidation sites excluding steroid dienone is 2. The zero-order valence-electron chi connectivity index (χ0n) is 13.7. The van der Waals surface area contributed by atoms with Gasteiger partial charge in [-0.1, -0.05) is 19.9 Å². The maximum atomic E-state index is 11.2. The van der Waals surface area contributed by atoms with Crippen LogP contribution in [0.1, 0.15) is 41.0 Å². The van der Waals surface area contributed by atoms with E-state index in [4.69, 9.17) is 0 Å². The molecule has 0 bridgehead atoms. The molecular weight excluding hydrogens is 268 g/mol. The van der Waals surface area contributed by atoms with Crippen LogP contribution in [0, 0.1) is 5.41 Å². The number of methoxy groups -OCH3 is 1. The Bertz CT molecular complexity index is 511. The molecule has 4 nitrogen and oxygen atoms in total. The van der Waals surface area contributed by atoms with Crippen molar-refractivity contribution in [3.8, 4) is 0 Å². The molecule has 0 aromatic heterocycles. The van der Waals surface area contributed by atoms with Gasteiger partial charge in [0.1, 0.15) is 5.60 Å². The average molecular weight is 294 g/mol. The van der Waals surface area contributed by atoms with Crippen LogP contribution in [-0.4, -0.2) is 35.0 Å². The summed E-state index contributed by atoms with van der Waals surface area (Å²) in [6.45, 7) is 9.30. The first-order valence-corrected chi connectivity index (χ1v) is 7.09. The van der Waals surface area contributed by atoms with Crippen LogP contribution in [0.25, 0.3) is 0 Å². The minimum absolute atomic E-state index is 0.425. The lowest BCUT2D eigenvalue weighted by molar-refractivity contribution is -0.134. The van der Waals surface area contributed by atoms with Gasteiger partial charge in [0.05, 0.1) is 13.2 Å². The van der Waals surface area contributed by atoms with Gasteiger partial charge >= 0.3 is 5.97 Å². The average Bonchev–Trinajstić information content (AvgIpc) is 2.40. The molecule has 0 amide bonds. The molecule has 1 aliphatic carbocycles. The van der Waals surface area contributed by atoms with Crippen molar-refractivity contribution in [3.05, 3.63) is 34.9 Å². The summed E-state index contributed by atoms with van der Waals surface area (Å²) in [5, 5.41) is 21.2. The molecule has 1 rings (SSSR count). The first-order valence-electron chi connectivity index (χ1n) is 7.09. The Morgan fingerprint density at radius 1 is 1.38 bits per heavy atom. The largest absolute Gasteiger partial charge is 0.466 e. The number of ether oxygens (including phenoxy) is 1. The molecule has 2 N–H and O–H groups in total. The molecule has 2 atom stereocenters. The minimum atomic E-state index is -1.15. The van der Waals surface area contributed by atoms with Crippen molar-refractivity contribution in [3.63, 3.8) is 0 Å². The summed E-state index contributed by atoms with van der Waals surface area (Å²) in [5.74, 6) is -0.425. The number of hydrogen-bond acceptors (Lipinski definition) is 4. The number of aliphatic hydroxyl groups is 2. The van der Waals surface area contributed by atoms with Gasteiger partial charge in [0.25, 0.3) is 0 Å². The first-order chi connectivity index (χ1) is 9.55. The summed E-state index contributed by atoms with van der Waals surface area (Å²) in [6, 6.07) is 0. The van der Waals surface area contributed by atoms with Crippen LogP contribution in [0.4, 0.5) is 0 Å². The van der Waals surface area contributed by atoms with E-state index >= 15 is 0 Å². The normalized spacial score (nSPS) is 29.9. The zero-order chi connectivity index (χ0) is 16.4. The highest BCUT2D eigenvalue weighted by molar-refractivity contribution is 5.83. The molecule has 0 aromatic rings. The fraction of sp³-hybridized carbons (Fsp3) is 0.588. The molecule has 21 heavy (non-hydrogen) atoms. The molecule has 0 spiro atoms. The number of esters is 1. The summed E-state index contributed by atoms with van der Waals surface area (Å²) < 4.78 is 4.58. The molecule has 1 aliphatic rings. The van der Waals surface area contributed by atoms with Crippen molar-refractivity contribution >= 4 is 5.97 Å². The van der Waals surface area contributed by atoms with E-state index in [1.807, 2.05) is 27.7 Å². The lowest BCUT2D eigenvalue weighted by Crippen LogP contribution is -2.50. The molecule has 0 saturated carbocycles. The van der Waals surface area contributed by atoms with Crippen molar-refractivity contribution in [1.29, 1.82) is 0 Å². The lowest BCUT2D eigenvalue weighted by atomic mass is 9.62. The van der Waals surface area contributed by atoms with E-state index in [9.17, 15) is 15.0 Å². The second-order valence-electron chi connectivity index (χ2n) is 6.42. The predicted octanol–water partition coefficient (Wildman–Crippen LogP) is 2.52. The monoisotopic (exact) mass is 294 g/mol. The Morgan fingerprint density at radius 3 is 2.48 bits per heavy atom. The van der Waals surface area contributed by atoms with Crippen LogP contribution in [-0.2, 0) is 9.53 Å². The second kappa shape index (κ2) is 6.16. The van der Waals surface area contributed by atoms with Crippen LogP contribution in [0.3, 0.4) is 0 Å². The standard InChI is InChI=1S/C17H26O4/c1-11(9-15(19)21-6)7-8-17(20)13(3)12(2)14(18)10-16(17,4)5/h7-9,14,18,20H,10H2,1-6H3. The fourth-order valence-corrected chi connectivity index (χ4v) is 2.75. The first kappa shape index (κ1) is 17.7. The molecule has 4 heteroatoms. The molecule has 0 aliphatic heterocycles. The van der Waals surface area contributed by atoms with Crippen LogP contribution < -0.4 is 0 Å². The van der Waals surface area contributed by atoms with E-state index in [1.54, 1.807) is 19.1 Å². The summed E-state index contributed by atoms with van der Waals surface area (Å²) in [4.78, 5) is 11.2. The second-order valence-corrected chi connectivity index (χ2v) is 6.42. The van der Waals surface area contributed by atoms with E-state index in [2.05, 4.69) is 4.74 Å². The van der Waals surface area contributed by atoms with E-state index in [-0.39, 0.29) is 0 Å². The Hall–Kier alpha value is -1.39. The Kier molecular flexibility index (Phi) is 5.18. The summed E-state index contributed by atoms with van der Waals surface area (Å²) in [5.41, 5.74) is 0.603. The Balaban J connectivity index is 3.19. The van der Waals surface area contributed by atoms with Gasteiger partial charge in [0, 0.05) is 11.5 Å². The van der Waals surface area contributed by atoms with Crippen LogP contribution in [0.2, 0.25) is 0 Å². The van der Waals surface area contributed by atoms with Gasteiger partial charge in [-0.2, -0.15) is 0 Å². The predicted molar refractivity (Wildman–Crippen MR) is 82.6 cm³/mol. The van der Waals surface area contributed by atoms with Crippen LogP contribution in [0.15, 0.2) is 34.9 Å². The maximum Gasteiger partial charge on any atom is 0.330 e. The van der Waals surface area contributed by atoms with Gasteiger partial charge in [-0.05, 0) is 50.0 Å². The molecule has 0 saturated heterocycles. The van der Waals surface area contributed by atoms with Crippen molar-refractivity contribution in [2.75, 3.05) is 7.11 Å². The number of carbonyl (C=O) groups is 1. The van der Waals surface area contributed by atoms with Gasteiger partial charge in [0.15, 0.2) is 0 Å². The van der Waals surface area contributed by atoms with Crippen molar-refractivity contribution in [1.82, 2.24) is 0 Å². The topological polar surface area (TPSA) is 66.8 Å². The number of aliphatic hydroxyl groups excluding tert-OH is 1. The lowest BCUT2D eigenvalue weighted by Gasteiger charge is -2.47. The van der Waals surface area contributed by atoms with Gasteiger partial charge in [-0.15, -0.1) is 0 Å². The number of hydrogen-bond donors (Lipinski definition) is 2. The summed E-state index contributed by atoms with van der Waals surface area (Å²) >= 11 is 0.